The summed E-state index contributed by atoms with van der Waals surface area (Å²) in [6, 6.07) is 6.88. The van der Waals surface area contributed by atoms with Crippen LogP contribution in [0.4, 0.5) is 4.39 Å². The average Bonchev–Trinajstić information content (AvgIpc) is 2.89. The van der Waals surface area contributed by atoms with Gasteiger partial charge < -0.3 is 9.80 Å². The molecule has 1 unspecified atom stereocenters. The largest absolute Gasteiger partial charge is 0.342 e. The van der Waals surface area contributed by atoms with Gasteiger partial charge in [0, 0.05) is 58.3 Å². The van der Waals surface area contributed by atoms with Crippen molar-refractivity contribution in [3.05, 3.63) is 35.6 Å². The number of amides is 2. The van der Waals surface area contributed by atoms with Crippen LogP contribution in [0.2, 0.25) is 0 Å². The second kappa shape index (κ2) is 8.62. The van der Waals surface area contributed by atoms with Gasteiger partial charge in [0.15, 0.2) is 0 Å². The fraction of sp³-hybridized carbons (Fsp3) is 0.600. The zero-order valence-electron chi connectivity index (χ0n) is 15.5. The molecule has 26 heavy (non-hydrogen) atoms. The van der Waals surface area contributed by atoms with E-state index < -0.39 is 0 Å². The van der Waals surface area contributed by atoms with Crippen LogP contribution in [-0.2, 0) is 16.1 Å². The Bertz CT molecular complexity index is 652. The summed E-state index contributed by atoms with van der Waals surface area (Å²) < 4.78 is 13.9. The standard InChI is InChI=1S/C20H28FN3O2/c1-16(25)24-10-4-7-18(15-24)20(26)23-11-5-9-22(12-13-23)14-17-6-2-3-8-19(17)21/h2-3,6,8,18H,4-5,7,9-15H2,1H3. The van der Waals surface area contributed by atoms with Crippen LogP contribution in [0.1, 0.15) is 31.7 Å². The van der Waals surface area contributed by atoms with Crippen LogP contribution >= 0.6 is 0 Å². The van der Waals surface area contributed by atoms with Crippen molar-refractivity contribution >= 4 is 11.8 Å². The van der Waals surface area contributed by atoms with Gasteiger partial charge in [-0.25, -0.2) is 4.39 Å². The van der Waals surface area contributed by atoms with Crippen molar-refractivity contribution in [2.24, 2.45) is 5.92 Å². The molecule has 0 aliphatic carbocycles. The molecule has 5 nitrogen and oxygen atoms in total. The van der Waals surface area contributed by atoms with E-state index in [1.54, 1.807) is 17.9 Å². The van der Waals surface area contributed by atoms with E-state index in [4.69, 9.17) is 0 Å². The zero-order chi connectivity index (χ0) is 18.5. The highest BCUT2D eigenvalue weighted by Crippen LogP contribution is 2.20. The predicted molar refractivity (Wildman–Crippen MR) is 97.9 cm³/mol. The van der Waals surface area contributed by atoms with Gasteiger partial charge in [0.2, 0.25) is 11.8 Å². The van der Waals surface area contributed by atoms with E-state index in [9.17, 15) is 14.0 Å². The van der Waals surface area contributed by atoms with Gasteiger partial charge in [-0.05, 0) is 25.3 Å². The Morgan fingerprint density at radius 1 is 1.04 bits per heavy atom. The first-order valence-electron chi connectivity index (χ1n) is 9.54. The molecule has 2 amide bonds. The number of rotatable bonds is 3. The number of hydrogen-bond donors (Lipinski definition) is 0. The zero-order valence-corrected chi connectivity index (χ0v) is 15.5. The highest BCUT2D eigenvalue weighted by atomic mass is 19.1. The second-order valence-electron chi connectivity index (χ2n) is 7.35. The summed E-state index contributed by atoms with van der Waals surface area (Å²) >= 11 is 0. The van der Waals surface area contributed by atoms with Crippen LogP contribution in [0.25, 0.3) is 0 Å². The minimum atomic E-state index is -0.170. The van der Waals surface area contributed by atoms with Crippen molar-refractivity contribution in [1.82, 2.24) is 14.7 Å². The quantitative estimate of drug-likeness (QED) is 0.828. The Labute approximate surface area is 154 Å². The molecule has 0 radical (unpaired) electrons. The maximum atomic E-state index is 13.9. The Hall–Kier alpha value is -1.95. The lowest BCUT2D eigenvalue weighted by Gasteiger charge is -2.34. The van der Waals surface area contributed by atoms with Crippen molar-refractivity contribution in [2.45, 2.75) is 32.7 Å². The normalized spacial score (nSPS) is 22.2. The summed E-state index contributed by atoms with van der Waals surface area (Å²) in [7, 11) is 0. The third-order valence-corrected chi connectivity index (χ3v) is 5.47. The molecule has 1 atom stereocenters. The number of benzene rings is 1. The molecular formula is C20H28FN3O2. The fourth-order valence-electron chi connectivity index (χ4n) is 3.94. The summed E-state index contributed by atoms with van der Waals surface area (Å²) in [5.41, 5.74) is 0.705. The lowest BCUT2D eigenvalue weighted by Crippen LogP contribution is -2.47. The van der Waals surface area contributed by atoms with E-state index in [1.807, 2.05) is 17.0 Å². The molecule has 3 rings (SSSR count). The number of hydrogen-bond acceptors (Lipinski definition) is 3. The number of carbonyl (C=O) groups excluding carboxylic acids is 2. The number of nitrogens with zero attached hydrogens (tertiary/aromatic N) is 3. The maximum Gasteiger partial charge on any atom is 0.227 e. The monoisotopic (exact) mass is 361 g/mol. The lowest BCUT2D eigenvalue weighted by atomic mass is 9.96. The lowest BCUT2D eigenvalue weighted by molar-refractivity contribution is -0.140. The molecule has 0 saturated carbocycles. The van der Waals surface area contributed by atoms with Gasteiger partial charge in [0.05, 0.1) is 5.92 Å². The topological polar surface area (TPSA) is 43.9 Å². The van der Waals surface area contributed by atoms with Crippen LogP contribution in [0.15, 0.2) is 24.3 Å². The molecule has 0 N–H and O–H groups in total. The summed E-state index contributed by atoms with van der Waals surface area (Å²) in [5, 5.41) is 0. The van der Waals surface area contributed by atoms with Crippen molar-refractivity contribution in [2.75, 3.05) is 39.3 Å². The molecule has 6 heteroatoms. The molecule has 0 bridgehead atoms. The third-order valence-electron chi connectivity index (χ3n) is 5.47. The smallest absolute Gasteiger partial charge is 0.227 e. The maximum absolute atomic E-state index is 13.9. The third kappa shape index (κ3) is 4.61. The van der Waals surface area contributed by atoms with E-state index >= 15 is 0 Å². The molecule has 2 saturated heterocycles. The number of likely N-dealkylation sites (tertiary alicyclic amines) is 1. The molecule has 1 aromatic rings. The van der Waals surface area contributed by atoms with E-state index in [1.165, 1.54) is 6.07 Å². The van der Waals surface area contributed by atoms with Gasteiger partial charge in [-0.1, -0.05) is 18.2 Å². The van der Waals surface area contributed by atoms with Crippen LogP contribution in [0, 0.1) is 11.7 Å². The molecule has 1 aromatic carbocycles. The van der Waals surface area contributed by atoms with Crippen molar-refractivity contribution in [3.8, 4) is 0 Å². The highest BCUT2D eigenvalue weighted by Gasteiger charge is 2.31. The van der Waals surface area contributed by atoms with Crippen LogP contribution in [0.5, 0.6) is 0 Å². The van der Waals surface area contributed by atoms with E-state index in [-0.39, 0.29) is 23.5 Å². The highest BCUT2D eigenvalue weighted by molar-refractivity contribution is 5.80. The van der Waals surface area contributed by atoms with Crippen LogP contribution < -0.4 is 0 Å². The summed E-state index contributed by atoms with van der Waals surface area (Å²) in [6.07, 6.45) is 2.64. The van der Waals surface area contributed by atoms with Crippen molar-refractivity contribution < 1.29 is 14.0 Å². The second-order valence-corrected chi connectivity index (χ2v) is 7.35. The van der Waals surface area contributed by atoms with Gasteiger partial charge in [0.1, 0.15) is 5.82 Å². The first kappa shape index (κ1) is 18.8. The fourth-order valence-corrected chi connectivity index (χ4v) is 3.94. The van der Waals surface area contributed by atoms with Crippen molar-refractivity contribution in [3.63, 3.8) is 0 Å². The minimum absolute atomic E-state index is 0.0504. The number of halogens is 1. The molecule has 2 heterocycles. The molecule has 2 aliphatic rings. The molecule has 2 fully saturated rings. The van der Waals surface area contributed by atoms with Crippen LogP contribution in [-0.4, -0.2) is 65.8 Å². The van der Waals surface area contributed by atoms with Gasteiger partial charge in [-0.3, -0.25) is 14.5 Å². The Kier molecular flexibility index (Phi) is 6.25. The van der Waals surface area contributed by atoms with Gasteiger partial charge >= 0.3 is 0 Å². The SMILES string of the molecule is CC(=O)N1CCCC(C(=O)N2CCCN(Cc3ccccc3F)CC2)C1. The summed E-state index contributed by atoms with van der Waals surface area (Å²) in [6.45, 7) is 6.48. The van der Waals surface area contributed by atoms with E-state index in [0.717, 1.165) is 45.4 Å². The van der Waals surface area contributed by atoms with Crippen LogP contribution in [0.3, 0.4) is 0 Å². The minimum Gasteiger partial charge on any atom is -0.342 e. The Morgan fingerprint density at radius 2 is 1.81 bits per heavy atom. The Morgan fingerprint density at radius 3 is 2.58 bits per heavy atom. The van der Waals surface area contributed by atoms with Crippen molar-refractivity contribution in [1.29, 1.82) is 0 Å². The van der Waals surface area contributed by atoms with Gasteiger partial charge in [-0.2, -0.15) is 0 Å². The molecule has 142 valence electrons. The first-order chi connectivity index (χ1) is 12.5. The Balaban J connectivity index is 1.55. The molecular weight excluding hydrogens is 333 g/mol. The van der Waals surface area contributed by atoms with Gasteiger partial charge in [0.25, 0.3) is 0 Å². The van der Waals surface area contributed by atoms with E-state index in [0.29, 0.717) is 25.2 Å². The summed E-state index contributed by atoms with van der Waals surface area (Å²) in [4.78, 5) is 30.5. The number of carbonyl (C=O) groups is 2. The summed E-state index contributed by atoms with van der Waals surface area (Å²) in [5.74, 6) is -0.0277. The average molecular weight is 361 g/mol. The molecule has 2 aliphatic heterocycles. The molecule has 0 aromatic heterocycles. The number of piperidine rings is 1. The van der Waals surface area contributed by atoms with E-state index in [2.05, 4.69) is 4.90 Å². The van der Waals surface area contributed by atoms with Gasteiger partial charge in [-0.15, -0.1) is 0 Å². The first-order valence-corrected chi connectivity index (χ1v) is 9.54. The predicted octanol–water partition coefficient (Wildman–Crippen LogP) is 2.12. The molecule has 0 spiro atoms.